The van der Waals surface area contributed by atoms with Gasteiger partial charge in [-0.2, -0.15) is 4.98 Å². The molecule has 3 rings (SSSR count). The van der Waals surface area contributed by atoms with Crippen LogP contribution in [0, 0.1) is 6.92 Å². The molecular formula is C15H21N3O2S. The van der Waals surface area contributed by atoms with Crippen LogP contribution in [-0.4, -0.2) is 16.7 Å². The fourth-order valence-corrected chi connectivity index (χ4v) is 3.91. The van der Waals surface area contributed by atoms with E-state index < -0.39 is 0 Å². The monoisotopic (exact) mass is 307 g/mol. The Hall–Kier alpha value is -1.40. The van der Waals surface area contributed by atoms with Crippen LogP contribution >= 0.6 is 11.3 Å². The maximum Gasteiger partial charge on any atom is 0.268 e. The molecule has 21 heavy (non-hydrogen) atoms. The topological polar surface area (TPSA) is 74.2 Å². The minimum atomic E-state index is -0.370. The highest BCUT2D eigenvalue weighted by molar-refractivity contribution is 7.19. The summed E-state index contributed by atoms with van der Waals surface area (Å²) >= 11 is 1.48. The summed E-state index contributed by atoms with van der Waals surface area (Å²) in [6.45, 7) is 4.68. The van der Waals surface area contributed by atoms with Crippen molar-refractivity contribution in [1.82, 2.24) is 10.1 Å². The number of thiophene rings is 1. The first-order valence-corrected chi connectivity index (χ1v) is 8.31. The van der Waals surface area contributed by atoms with Crippen LogP contribution in [0.1, 0.15) is 50.4 Å². The number of nitrogens with zero attached hydrogens (tertiary/aromatic N) is 2. The quantitative estimate of drug-likeness (QED) is 0.927. The van der Waals surface area contributed by atoms with Crippen LogP contribution in [-0.2, 0) is 10.3 Å². The van der Waals surface area contributed by atoms with Crippen molar-refractivity contribution >= 4 is 16.3 Å². The fraction of sp³-hybridized carbons (Fsp3) is 0.600. The smallest absolute Gasteiger partial charge is 0.268 e. The first kappa shape index (κ1) is 14.5. The van der Waals surface area contributed by atoms with Crippen LogP contribution in [0.15, 0.2) is 10.6 Å². The minimum absolute atomic E-state index is 0.370. The Labute approximate surface area is 128 Å². The van der Waals surface area contributed by atoms with E-state index in [0.717, 1.165) is 41.1 Å². The van der Waals surface area contributed by atoms with Gasteiger partial charge in [0.1, 0.15) is 5.60 Å². The van der Waals surface area contributed by atoms with Crippen molar-refractivity contribution in [3.8, 4) is 10.8 Å². The van der Waals surface area contributed by atoms with Crippen LogP contribution in [0.3, 0.4) is 0 Å². The number of hydrogen-bond donors (Lipinski definition) is 1. The molecule has 0 radical (unpaired) electrons. The van der Waals surface area contributed by atoms with Gasteiger partial charge in [-0.05, 0) is 38.3 Å². The minimum Gasteiger partial charge on any atom is -0.391 e. The summed E-state index contributed by atoms with van der Waals surface area (Å²) in [6.07, 6.45) is 5.47. The van der Waals surface area contributed by atoms with Gasteiger partial charge in [-0.3, -0.25) is 0 Å². The molecule has 1 fully saturated rings. The molecule has 2 aromatic heterocycles. The summed E-state index contributed by atoms with van der Waals surface area (Å²) in [7, 11) is 0. The number of aryl methyl sites for hydroxylation is 1. The number of ether oxygens (including phenoxy) is 1. The highest BCUT2D eigenvalue weighted by Crippen LogP contribution is 2.40. The van der Waals surface area contributed by atoms with Crippen LogP contribution < -0.4 is 5.73 Å². The standard InChI is InChI=1S/C15H21N3O2S/c1-3-19-15(7-5-4-6-8-15)14-17-13(20-18-14)12-10(2)9-11(16)21-12/h9H,3-8,16H2,1-2H3. The van der Waals surface area contributed by atoms with Gasteiger partial charge in [-0.15, -0.1) is 11.3 Å². The maximum absolute atomic E-state index is 6.03. The fourth-order valence-electron chi connectivity index (χ4n) is 3.05. The Morgan fingerprint density at radius 2 is 2.14 bits per heavy atom. The molecule has 0 saturated heterocycles. The summed E-state index contributed by atoms with van der Waals surface area (Å²) in [6, 6.07) is 1.93. The Morgan fingerprint density at radius 3 is 2.76 bits per heavy atom. The molecule has 0 aliphatic heterocycles. The largest absolute Gasteiger partial charge is 0.391 e. The van der Waals surface area contributed by atoms with E-state index in [1.165, 1.54) is 17.8 Å². The van der Waals surface area contributed by atoms with Crippen molar-refractivity contribution in [2.45, 2.75) is 51.6 Å². The van der Waals surface area contributed by atoms with Crippen molar-refractivity contribution in [2.75, 3.05) is 12.3 Å². The zero-order valence-electron chi connectivity index (χ0n) is 12.5. The Morgan fingerprint density at radius 1 is 1.38 bits per heavy atom. The molecule has 1 aliphatic carbocycles. The van der Waals surface area contributed by atoms with Crippen molar-refractivity contribution in [3.63, 3.8) is 0 Å². The zero-order valence-corrected chi connectivity index (χ0v) is 13.3. The zero-order chi connectivity index (χ0) is 14.9. The molecule has 2 heterocycles. The molecule has 0 atom stereocenters. The second kappa shape index (κ2) is 5.77. The van der Waals surface area contributed by atoms with Crippen LogP contribution in [0.4, 0.5) is 5.00 Å². The molecular weight excluding hydrogens is 286 g/mol. The molecule has 1 saturated carbocycles. The van der Waals surface area contributed by atoms with E-state index in [1.807, 2.05) is 19.9 Å². The third-order valence-corrected chi connectivity index (χ3v) is 5.10. The molecule has 0 aromatic carbocycles. The SMILES string of the molecule is CCOC1(c2noc(-c3sc(N)cc3C)n2)CCCCC1. The molecule has 114 valence electrons. The lowest BCUT2D eigenvalue weighted by atomic mass is 9.84. The molecule has 0 spiro atoms. The Balaban J connectivity index is 1.94. The highest BCUT2D eigenvalue weighted by Gasteiger charge is 2.39. The number of anilines is 1. The summed E-state index contributed by atoms with van der Waals surface area (Å²) in [5.41, 5.74) is 6.55. The number of nitrogen functional groups attached to an aromatic ring is 1. The molecule has 0 amide bonds. The van der Waals surface area contributed by atoms with Crippen molar-refractivity contribution in [3.05, 3.63) is 17.5 Å². The molecule has 0 bridgehead atoms. The lowest BCUT2D eigenvalue weighted by molar-refractivity contribution is -0.0777. The van der Waals surface area contributed by atoms with Gasteiger partial charge in [0.05, 0.1) is 9.88 Å². The third kappa shape index (κ3) is 2.70. The van der Waals surface area contributed by atoms with Gasteiger partial charge >= 0.3 is 0 Å². The van der Waals surface area contributed by atoms with E-state index in [2.05, 4.69) is 10.1 Å². The molecule has 0 unspecified atom stereocenters. The number of hydrogen-bond acceptors (Lipinski definition) is 6. The molecule has 6 heteroatoms. The third-order valence-electron chi connectivity index (χ3n) is 4.05. The normalized spacial score (nSPS) is 18.0. The molecule has 2 aromatic rings. The summed E-state index contributed by atoms with van der Waals surface area (Å²) < 4.78 is 11.5. The van der Waals surface area contributed by atoms with E-state index in [9.17, 15) is 0 Å². The Bertz CT molecular complexity index is 609. The van der Waals surface area contributed by atoms with Gasteiger partial charge in [-0.25, -0.2) is 0 Å². The van der Waals surface area contributed by atoms with Gasteiger partial charge in [0.15, 0.2) is 0 Å². The van der Waals surface area contributed by atoms with Crippen molar-refractivity contribution in [2.24, 2.45) is 0 Å². The summed E-state index contributed by atoms with van der Waals surface area (Å²) in [5, 5.41) is 4.98. The summed E-state index contributed by atoms with van der Waals surface area (Å²) in [5.74, 6) is 1.24. The second-order valence-electron chi connectivity index (χ2n) is 5.57. The Kier molecular flexibility index (Phi) is 3.99. The lowest BCUT2D eigenvalue weighted by Crippen LogP contribution is -2.33. The lowest BCUT2D eigenvalue weighted by Gasteiger charge is -2.33. The van der Waals surface area contributed by atoms with E-state index in [-0.39, 0.29) is 5.60 Å². The molecule has 5 nitrogen and oxygen atoms in total. The highest BCUT2D eigenvalue weighted by atomic mass is 32.1. The summed E-state index contributed by atoms with van der Waals surface area (Å²) in [4.78, 5) is 5.57. The van der Waals surface area contributed by atoms with E-state index in [1.54, 1.807) is 0 Å². The molecule has 1 aliphatic rings. The van der Waals surface area contributed by atoms with Crippen molar-refractivity contribution in [1.29, 1.82) is 0 Å². The van der Waals surface area contributed by atoms with Crippen LogP contribution in [0.5, 0.6) is 0 Å². The van der Waals surface area contributed by atoms with Gasteiger partial charge in [0.2, 0.25) is 5.82 Å². The average Bonchev–Trinajstić information content (AvgIpc) is 3.07. The van der Waals surface area contributed by atoms with Gasteiger partial charge in [-0.1, -0.05) is 24.4 Å². The number of rotatable bonds is 4. The van der Waals surface area contributed by atoms with Crippen molar-refractivity contribution < 1.29 is 9.26 Å². The maximum atomic E-state index is 6.03. The first-order valence-electron chi connectivity index (χ1n) is 7.49. The van der Waals surface area contributed by atoms with E-state index in [0.29, 0.717) is 18.3 Å². The predicted molar refractivity (Wildman–Crippen MR) is 83.1 cm³/mol. The van der Waals surface area contributed by atoms with Gasteiger partial charge in [0, 0.05) is 6.61 Å². The van der Waals surface area contributed by atoms with E-state index in [4.69, 9.17) is 15.0 Å². The van der Waals surface area contributed by atoms with Gasteiger partial charge < -0.3 is 15.0 Å². The van der Waals surface area contributed by atoms with Gasteiger partial charge in [0.25, 0.3) is 5.89 Å². The van der Waals surface area contributed by atoms with Crippen LogP contribution in [0.2, 0.25) is 0 Å². The second-order valence-corrected chi connectivity index (χ2v) is 6.66. The predicted octanol–water partition coefficient (Wildman–Crippen LogP) is 3.88. The van der Waals surface area contributed by atoms with E-state index >= 15 is 0 Å². The number of nitrogens with two attached hydrogens (primary N) is 1. The molecule has 2 N–H and O–H groups in total. The first-order chi connectivity index (χ1) is 10.1. The number of aromatic nitrogens is 2. The average molecular weight is 307 g/mol. The van der Waals surface area contributed by atoms with Crippen LogP contribution in [0.25, 0.3) is 10.8 Å².